The van der Waals surface area contributed by atoms with Crippen LogP contribution in [0.3, 0.4) is 0 Å². The van der Waals surface area contributed by atoms with Gasteiger partial charge in [0.25, 0.3) is 0 Å². The van der Waals surface area contributed by atoms with Gasteiger partial charge in [-0.3, -0.25) is 4.79 Å². The van der Waals surface area contributed by atoms with Gasteiger partial charge in [0.1, 0.15) is 0 Å². The lowest BCUT2D eigenvalue weighted by atomic mass is 10.1. The Bertz CT molecular complexity index is 513. The Hall–Kier alpha value is -0.520. The monoisotopic (exact) mass is 370 g/mol. The number of hydrogen-bond donors (Lipinski definition) is 1. The highest BCUT2D eigenvalue weighted by Gasteiger charge is 2.18. The number of carbonyl (C=O) groups excluding carboxylic acids is 1. The van der Waals surface area contributed by atoms with Crippen LogP contribution in [0.1, 0.15) is 24.0 Å². The Morgan fingerprint density at radius 1 is 1.33 bits per heavy atom. The average Bonchev–Trinajstić information content (AvgIpc) is 2.44. The lowest BCUT2D eigenvalue weighted by molar-refractivity contribution is -0.119. The number of likely N-dealkylation sites (tertiary alicyclic amines) is 1. The Morgan fingerprint density at radius 3 is 2.67 bits per heavy atom. The minimum atomic E-state index is 0.148. The van der Waals surface area contributed by atoms with Crippen molar-refractivity contribution in [1.82, 2.24) is 10.2 Å². The molecule has 0 spiro atoms. The van der Waals surface area contributed by atoms with Crippen LogP contribution in [-0.2, 0) is 4.79 Å². The molecule has 1 N–H and O–H groups in total. The predicted octanol–water partition coefficient (Wildman–Crippen LogP) is 3.37. The summed E-state index contributed by atoms with van der Waals surface area (Å²) in [6.07, 6.45) is 2.12. The maximum atomic E-state index is 12.1. The van der Waals surface area contributed by atoms with Gasteiger partial charge in [-0.1, -0.05) is 15.9 Å². The molecule has 0 radical (unpaired) electrons. The first-order valence-corrected chi connectivity index (χ1v) is 9.11. The van der Waals surface area contributed by atoms with Crippen LogP contribution in [0, 0.1) is 13.8 Å². The topological polar surface area (TPSA) is 32.3 Å². The third-order valence-corrected chi connectivity index (χ3v) is 5.91. The molecule has 0 saturated carbocycles. The summed E-state index contributed by atoms with van der Waals surface area (Å²) in [6, 6.07) is 4.61. The zero-order valence-electron chi connectivity index (χ0n) is 12.9. The van der Waals surface area contributed by atoms with Crippen molar-refractivity contribution in [1.29, 1.82) is 0 Å². The van der Waals surface area contributed by atoms with E-state index in [-0.39, 0.29) is 5.91 Å². The third kappa shape index (κ3) is 5.01. The number of hydrogen-bond acceptors (Lipinski definition) is 3. The van der Waals surface area contributed by atoms with Crippen LogP contribution in [0.25, 0.3) is 0 Å². The van der Waals surface area contributed by atoms with Crippen LogP contribution < -0.4 is 5.32 Å². The molecule has 0 unspecified atom stereocenters. The summed E-state index contributed by atoms with van der Waals surface area (Å²) >= 11 is 5.16. The highest BCUT2D eigenvalue weighted by molar-refractivity contribution is 9.10. The maximum absolute atomic E-state index is 12.1. The van der Waals surface area contributed by atoms with Gasteiger partial charge in [0.05, 0.1) is 5.75 Å². The molecular formula is C16H23BrN2OS. The fourth-order valence-corrected chi connectivity index (χ4v) is 3.85. The first-order chi connectivity index (χ1) is 9.95. The minimum Gasteiger partial charge on any atom is -0.353 e. The summed E-state index contributed by atoms with van der Waals surface area (Å²) in [5.74, 6) is 0.642. The first-order valence-electron chi connectivity index (χ1n) is 7.33. The second-order valence-corrected chi connectivity index (χ2v) is 7.67. The smallest absolute Gasteiger partial charge is 0.230 e. The normalized spacial score (nSPS) is 17.0. The summed E-state index contributed by atoms with van der Waals surface area (Å²) in [4.78, 5) is 15.6. The quantitative estimate of drug-likeness (QED) is 0.824. The average molecular weight is 371 g/mol. The van der Waals surface area contributed by atoms with Gasteiger partial charge in [-0.2, -0.15) is 0 Å². The van der Waals surface area contributed by atoms with E-state index in [4.69, 9.17) is 0 Å². The number of aryl methyl sites for hydroxylation is 2. The fraction of sp³-hybridized carbons (Fsp3) is 0.562. The number of piperidine rings is 1. The molecule has 0 aliphatic carbocycles. The summed E-state index contributed by atoms with van der Waals surface area (Å²) < 4.78 is 1.13. The second-order valence-electron chi connectivity index (χ2n) is 5.80. The van der Waals surface area contributed by atoms with Gasteiger partial charge >= 0.3 is 0 Å². The molecule has 0 aromatic heterocycles. The number of carbonyl (C=O) groups is 1. The molecule has 5 heteroatoms. The molecule has 1 saturated heterocycles. The zero-order chi connectivity index (χ0) is 15.4. The molecule has 1 aliphatic rings. The number of rotatable bonds is 4. The predicted molar refractivity (Wildman–Crippen MR) is 93.0 cm³/mol. The standard InChI is InChI=1S/C16H23BrN2OS/c1-11-9-15(12(2)8-14(11)17)21-10-16(20)18-13-4-6-19(3)7-5-13/h8-9,13H,4-7,10H2,1-3H3,(H,18,20). The molecule has 1 heterocycles. The molecule has 116 valence electrons. The molecule has 1 fully saturated rings. The Balaban J connectivity index is 1.83. The van der Waals surface area contributed by atoms with Crippen molar-refractivity contribution in [2.45, 2.75) is 37.6 Å². The van der Waals surface area contributed by atoms with E-state index in [1.807, 2.05) is 0 Å². The lowest BCUT2D eigenvalue weighted by Crippen LogP contribution is -2.43. The molecule has 21 heavy (non-hydrogen) atoms. The van der Waals surface area contributed by atoms with Gasteiger partial charge in [0.2, 0.25) is 5.91 Å². The van der Waals surface area contributed by atoms with E-state index in [9.17, 15) is 4.79 Å². The van der Waals surface area contributed by atoms with Crippen LogP contribution in [0.4, 0.5) is 0 Å². The van der Waals surface area contributed by atoms with Crippen molar-refractivity contribution in [2.24, 2.45) is 0 Å². The number of nitrogens with zero attached hydrogens (tertiary/aromatic N) is 1. The molecule has 3 nitrogen and oxygen atoms in total. The third-order valence-electron chi connectivity index (χ3n) is 3.90. The van der Waals surface area contributed by atoms with Crippen molar-refractivity contribution in [3.8, 4) is 0 Å². The first kappa shape index (κ1) is 16.8. The van der Waals surface area contributed by atoms with Crippen LogP contribution in [0.5, 0.6) is 0 Å². The van der Waals surface area contributed by atoms with Gasteiger partial charge in [-0.05, 0) is 70.1 Å². The lowest BCUT2D eigenvalue weighted by Gasteiger charge is -2.29. The van der Waals surface area contributed by atoms with Gasteiger partial charge in [0, 0.05) is 15.4 Å². The van der Waals surface area contributed by atoms with Gasteiger partial charge in [-0.15, -0.1) is 11.8 Å². The van der Waals surface area contributed by atoms with Gasteiger partial charge in [-0.25, -0.2) is 0 Å². The van der Waals surface area contributed by atoms with Crippen molar-refractivity contribution < 1.29 is 4.79 Å². The minimum absolute atomic E-state index is 0.148. The number of halogens is 1. The van der Waals surface area contributed by atoms with Gasteiger partial charge < -0.3 is 10.2 Å². The Labute approximate surface area is 140 Å². The summed E-state index contributed by atoms with van der Waals surface area (Å²) in [7, 11) is 2.13. The van der Waals surface area contributed by atoms with Crippen LogP contribution in [0.15, 0.2) is 21.5 Å². The van der Waals surface area contributed by atoms with E-state index < -0.39 is 0 Å². The second kappa shape index (κ2) is 7.65. The largest absolute Gasteiger partial charge is 0.353 e. The van der Waals surface area contributed by atoms with Crippen molar-refractivity contribution >= 4 is 33.6 Å². The number of nitrogens with one attached hydrogen (secondary N) is 1. The molecule has 1 aliphatic heterocycles. The van der Waals surface area contributed by atoms with E-state index >= 15 is 0 Å². The molecule has 2 rings (SSSR count). The molecule has 0 atom stereocenters. The molecule has 1 amide bonds. The van der Waals surface area contributed by atoms with Crippen LogP contribution in [-0.4, -0.2) is 42.7 Å². The zero-order valence-corrected chi connectivity index (χ0v) is 15.3. The van der Waals surface area contributed by atoms with E-state index in [1.54, 1.807) is 11.8 Å². The maximum Gasteiger partial charge on any atom is 0.230 e. The summed E-state index contributed by atoms with van der Waals surface area (Å²) in [5.41, 5.74) is 2.42. The highest BCUT2D eigenvalue weighted by Crippen LogP contribution is 2.28. The van der Waals surface area contributed by atoms with E-state index in [1.165, 1.54) is 16.0 Å². The van der Waals surface area contributed by atoms with Gasteiger partial charge in [0.15, 0.2) is 0 Å². The Morgan fingerprint density at radius 2 is 2.00 bits per heavy atom. The highest BCUT2D eigenvalue weighted by atomic mass is 79.9. The van der Waals surface area contributed by atoms with Crippen molar-refractivity contribution in [2.75, 3.05) is 25.9 Å². The van der Waals surface area contributed by atoms with E-state index in [0.29, 0.717) is 11.8 Å². The number of thioether (sulfide) groups is 1. The fourth-order valence-electron chi connectivity index (χ4n) is 2.48. The Kier molecular flexibility index (Phi) is 6.14. The SMILES string of the molecule is Cc1cc(SCC(=O)NC2CCN(C)CC2)c(C)cc1Br. The number of benzene rings is 1. The molecule has 1 aromatic rings. The summed E-state index contributed by atoms with van der Waals surface area (Å²) in [5, 5.41) is 3.16. The summed E-state index contributed by atoms with van der Waals surface area (Å²) in [6.45, 7) is 6.31. The molecule has 1 aromatic carbocycles. The van der Waals surface area contributed by atoms with Crippen molar-refractivity contribution in [3.63, 3.8) is 0 Å². The van der Waals surface area contributed by atoms with Crippen LogP contribution >= 0.6 is 27.7 Å². The van der Waals surface area contributed by atoms with E-state index in [2.05, 4.69) is 59.2 Å². The van der Waals surface area contributed by atoms with Crippen LogP contribution in [0.2, 0.25) is 0 Å². The number of amides is 1. The van der Waals surface area contributed by atoms with Crippen molar-refractivity contribution in [3.05, 3.63) is 27.7 Å². The van der Waals surface area contributed by atoms with E-state index in [0.717, 1.165) is 30.4 Å². The molecule has 0 bridgehead atoms. The molecular weight excluding hydrogens is 348 g/mol.